The lowest BCUT2D eigenvalue weighted by molar-refractivity contribution is 0.598. The molecule has 0 saturated carbocycles. The van der Waals surface area contributed by atoms with E-state index >= 15 is 0 Å². The van der Waals surface area contributed by atoms with E-state index in [9.17, 15) is 8.42 Å². The molecule has 0 saturated heterocycles. The highest BCUT2D eigenvalue weighted by Gasteiger charge is 2.22. The van der Waals surface area contributed by atoms with Crippen LogP contribution in [0, 0.1) is 0 Å². The molecule has 0 atom stereocenters. The van der Waals surface area contributed by atoms with Crippen molar-refractivity contribution in [2.45, 2.75) is 9.06 Å². The van der Waals surface area contributed by atoms with E-state index in [1.54, 1.807) is 18.2 Å². The Hall–Kier alpha value is -0.250. The molecule has 0 N–H and O–H groups in total. The van der Waals surface area contributed by atoms with Crippen molar-refractivity contribution < 1.29 is 8.42 Å². The number of benzene rings is 1. The maximum Gasteiger partial charge on any atom is 0.212 e. The van der Waals surface area contributed by atoms with Crippen LogP contribution < -0.4 is 0 Å². The smallest absolute Gasteiger partial charge is 0.212 e. The van der Waals surface area contributed by atoms with Gasteiger partial charge in [-0.3, -0.25) is 0 Å². The summed E-state index contributed by atoms with van der Waals surface area (Å²) in [6, 6.07) is 7.85. The molecule has 0 aliphatic carbocycles. The largest absolute Gasteiger partial charge is 0.221 e. The average molecular weight is 225 g/mol. The second kappa shape index (κ2) is 3.64. The first-order valence-corrected chi connectivity index (χ1v) is 5.54. The van der Waals surface area contributed by atoms with Gasteiger partial charge in [-0.15, -0.1) is 0 Å². The predicted molar refractivity (Wildman–Crippen MR) is 49.1 cm³/mol. The maximum absolute atomic E-state index is 11.3. The van der Waals surface area contributed by atoms with Crippen molar-refractivity contribution in [2.24, 2.45) is 0 Å². The molecule has 0 bridgehead atoms. The van der Waals surface area contributed by atoms with E-state index in [0.717, 1.165) is 0 Å². The van der Waals surface area contributed by atoms with Gasteiger partial charge in [0.15, 0.2) is 0 Å². The van der Waals surface area contributed by atoms with E-state index in [2.05, 4.69) is 0 Å². The van der Waals surface area contributed by atoms with Crippen LogP contribution in [0.5, 0.6) is 0 Å². The van der Waals surface area contributed by atoms with Crippen LogP contribution in [0.2, 0.25) is 0 Å². The van der Waals surface area contributed by atoms with Gasteiger partial charge in [-0.25, -0.2) is 8.42 Å². The Morgan fingerprint density at radius 2 is 1.58 bits per heavy atom. The lowest BCUT2D eigenvalue weighted by Gasteiger charge is -2.02. The van der Waals surface area contributed by atoms with Crippen molar-refractivity contribution in [1.29, 1.82) is 0 Å². The maximum atomic E-state index is 11.3. The average Bonchev–Trinajstić information content (AvgIpc) is 2.06. The quantitative estimate of drug-likeness (QED) is 0.723. The molecule has 66 valence electrons. The molecule has 0 unspecified atom stereocenters. The Balaban J connectivity index is 3.17. The minimum atomic E-state index is -3.55. The Morgan fingerprint density at radius 1 is 1.08 bits per heavy atom. The summed E-state index contributed by atoms with van der Waals surface area (Å²) in [7, 11) is -3.55. The predicted octanol–water partition coefficient (Wildman–Crippen LogP) is 2.22. The summed E-state index contributed by atoms with van der Waals surface area (Å²) in [5.74, 6) is 0. The molecule has 0 spiro atoms. The van der Waals surface area contributed by atoms with Gasteiger partial charge in [0.25, 0.3) is 0 Å². The third kappa shape index (κ3) is 1.91. The molecule has 5 heteroatoms. The number of alkyl halides is 2. The number of sulfone groups is 1. The molecule has 0 aromatic heterocycles. The first-order chi connectivity index (χ1) is 5.55. The van der Waals surface area contributed by atoms with Crippen LogP contribution in [-0.4, -0.2) is 12.6 Å². The molecule has 0 aliphatic rings. The van der Waals surface area contributed by atoms with Crippen LogP contribution in [0.4, 0.5) is 0 Å². The van der Waals surface area contributed by atoms with Crippen LogP contribution in [0.3, 0.4) is 0 Å². The molecule has 0 radical (unpaired) electrons. The van der Waals surface area contributed by atoms with E-state index < -0.39 is 14.0 Å². The zero-order chi connectivity index (χ0) is 9.19. The summed E-state index contributed by atoms with van der Waals surface area (Å²) in [5, 5.41) is 0. The number of hydrogen-bond acceptors (Lipinski definition) is 2. The summed E-state index contributed by atoms with van der Waals surface area (Å²) >= 11 is 10.6. The molecular formula is C7H6Cl2O2S. The number of halogens is 2. The summed E-state index contributed by atoms with van der Waals surface area (Å²) in [5.41, 5.74) is 0. The lowest BCUT2D eigenvalue weighted by atomic mass is 10.4. The zero-order valence-corrected chi connectivity index (χ0v) is 8.27. The van der Waals surface area contributed by atoms with Gasteiger partial charge in [0.05, 0.1) is 4.90 Å². The first-order valence-electron chi connectivity index (χ1n) is 3.12. The van der Waals surface area contributed by atoms with Crippen molar-refractivity contribution in [2.75, 3.05) is 0 Å². The number of rotatable bonds is 2. The highest BCUT2D eigenvalue weighted by atomic mass is 35.5. The molecule has 1 aromatic carbocycles. The van der Waals surface area contributed by atoms with Crippen molar-refractivity contribution >= 4 is 33.0 Å². The fraction of sp³-hybridized carbons (Fsp3) is 0.143. The minimum absolute atomic E-state index is 0.139. The minimum Gasteiger partial charge on any atom is -0.221 e. The molecule has 0 heterocycles. The van der Waals surface area contributed by atoms with Gasteiger partial charge in [-0.2, -0.15) is 0 Å². The van der Waals surface area contributed by atoms with Crippen molar-refractivity contribution in [3.8, 4) is 0 Å². The van der Waals surface area contributed by atoms with Crippen molar-refractivity contribution in [1.82, 2.24) is 0 Å². The van der Waals surface area contributed by atoms with Gasteiger partial charge in [0.1, 0.15) is 0 Å². The molecule has 0 aliphatic heterocycles. The highest BCUT2D eigenvalue weighted by molar-refractivity contribution is 7.94. The second-order valence-corrected chi connectivity index (χ2v) is 5.77. The SMILES string of the molecule is O=S(=O)(c1ccccc1)C(Cl)Cl. The molecule has 0 amide bonds. The van der Waals surface area contributed by atoms with Crippen LogP contribution in [0.25, 0.3) is 0 Å². The fourth-order valence-electron chi connectivity index (χ4n) is 0.713. The van der Waals surface area contributed by atoms with Gasteiger partial charge in [0.2, 0.25) is 14.0 Å². The van der Waals surface area contributed by atoms with E-state index in [4.69, 9.17) is 23.2 Å². The van der Waals surface area contributed by atoms with Crippen LogP contribution in [0.1, 0.15) is 0 Å². The molecule has 1 aromatic rings. The summed E-state index contributed by atoms with van der Waals surface area (Å²) in [6.07, 6.45) is 0. The third-order valence-corrected chi connectivity index (χ3v) is 4.11. The van der Waals surface area contributed by atoms with Gasteiger partial charge in [0, 0.05) is 0 Å². The topological polar surface area (TPSA) is 34.1 Å². The van der Waals surface area contributed by atoms with Gasteiger partial charge in [-0.05, 0) is 12.1 Å². The first kappa shape index (κ1) is 9.84. The lowest BCUT2D eigenvalue weighted by Crippen LogP contribution is -2.08. The molecule has 12 heavy (non-hydrogen) atoms. The Bertz CT molecular complexity index is 345. The Kier molecular flexibility index (Phi) is 2.99. The summed E-state index contributed by atoms with van der Waals surface area (Å²) < 4.78 is 21.1. The van der Waals surface area contributed by atoms with Crippen molar-refractivity contribution in [3.63, 3.8) is 0 Å². The highest BCUT2D eigenvalue weighted by Crippen LogP contribution is 2.20. The van der Waals surface area contributed by atoms with E-state index in [-0.39, 0.29) is 4.90 Å². The van der Waals surface area contributed by atoms with Crippen LogP contribution >= 0.6 is 23.2 Å². The van der Waals surface area contributed by atoms with Crippen LogP contribution in [0.15, 0.2) is 35.2 Å². The van der Waals surface area contributed by atoms with E-state index in [1.165, 1.54) is 12.1 Å². The van der Waals surface area contributed by atoms with E-state index in [0.29, 0.717) is 0 Å². The molecule has 2 nitrogen and oxygen atoms in total. The zero-order valence-electron chi connectivity index (χ0n) is 5.94. The molecular weight excluding hydrogens is 219 g/mol. The van der Waals surface area contributed by atoms with Gasteiger partial charge >= 0.3 is 0 Å². The van der Waals surface area contributed by atoms with Gasteiger partial charge in [-0.1, -0.05) is 41.4 Å². The molecule has 1 rings (SSSR count). The summed E-state index contributed by atoms with van der Waals surface area (Å²) in [6.45, 7) is 0. The number of hydrogen-bond donors (Lipinski definition) is 0. The third-order valence-electron chi connectivity index (χ3n) is 1.31. The second-order valence-electron chi connectivity index (χ2n) is 2.12. The summed E-state index contributed by atoms with van der Waals surface area (Å²) in [4.78, 5) is 0.139. The van der Waals surface area contributed by atoms with E-state index in [1.807, 2.05) is 0 Å². The Morgan fingerprint density at radius 3 is 2.00 bits per heavy atom. The van der Waals surface area contributed by atoms with Crippen molar-refractivity contribution in [3.05, 3.63) is 30.3 Å². The standard InChI is InChI=1S/C7H6Cl2O2S/c8-7(9)12(10,11)6-4-2-1-3-5-6/h1-5,7H. The fourth-order valence-corrected chi connectivity index (χ4v) is 2.07. The van der Waals surface area contributed by atoms with Gasteiger partial charge < -0.3 is 0 Å². The Labute approximate surface area is 81.0 Å². The monoisotopic (exact) mass is 224 g/mol. The normalized spacial score (nSPS) is 11.9. The molecule has 0 fully saturated rings. The van der Waals surface area contributed by atoms with Crippen LogP contribution in [-0.2, 0) is 9.84 Å².